The highest BCUT2D eigenvalue weighted by molar-refractivity contribution is 6.31. The molecule has 1 aromatic carbocycles. The normalized spacial score (nSPS) is 12.8. The zero-order valence-electron chi connectivity index (χ0n) is 10.3. The van der Waals surface area contributed by atoms with Crippen molar-refractivity contribution >= 4 is 23.5 Å². The van der Waals surface area contributed by atoms with Gasteiger partial charge >= 0.3 is 12.1 Å². The van der Waals surface area contributed by atoms with Gasteiger partial charge in [0.25, 0.3) is 5.91 Å². The molecule has 1 atom stereocenters. The zero-order valence-corrected chi connectivity index (χ0v) is 11.0. The molecule has 4 nitrogen and oxygen atoms in total. The Bertz CT molecular complexity index is 531. The van der Waals surface area contributed by atoms with Crippen LogP contribution >= 0.6 is 11.6 Å². The molecule has 0 aliphatic carbocycles. The molecule has 0 saturated carbocycles. The van der Waals surface area contributed by atoms with Crippen LogP contribution in [0.25, 0.3) is 0 Å². The lowest BCUT2D eigenvalue weighted by Gasteiger charge is -2.11. The average Bonchev–Trinajstić information content (AvgIpc) is 2.33. The molecule has 0 aliphatic heterocycles. The minimum absolute atomic E-state index is 0.192. The number of alkyl halides is 3. The van der Waals surface area contributed by atoms with E-state index >= 15 is 0 Å². The standard InChI is InChI=1S/C12H11ClF3NO3/c1-6(11(19)20)5-17-10(18)7-2-8(12(14,15)16)4-9(13)3-7/h2-4,6H,5H2,1H3,(H,17,18)(H,19,20). The van der Waals surface area contributed by atoms with Gasteiger partial charge in [0.05, 0.1) is 11.5 Å². The monoisotopic (exact) mass is 309 g/mol. The Morgan fingerprint density at radius 2 is 1.95 bits per heavy atom. The van der Waals surface area contributed by atoms with Crippen LogP contribution in [0.15, 0.2) is 18.2 Å². The third-order valence-electron chi connectivity index (χ3n) is 2.48. The van der Waals surface area contributed by atoms with E-state index in [1.165, 1.54) is 6.92 Å². The van der Waals surface area contributed by atoms with E-state index in [4.69, 9.17) is 16.7 Å². The van der Waals surface area contributed by atoms with Crippen molar-refractivity contribution in [3.63, 3.8) is 0 Å². The van der Waals surface area contributed by atoms with Gasteiger partial charge in [-0.05, 0) is 18.2 Å². The molecule has 0 bridgehead atoms. The molecule has 20 heavy (non-hydrogen) atoms. The van der Waals surface area contributed by atoms with Crippen LogP contribution in [0.3, 0.4) is 0 Å². The van der Waals surface area contributed by atoms with Crippen molar-refractivity contribution in [2.75, 3.05) is 6.54 Å². The van der Waals surface area contributed by atoms with Gasteiger partial charge in [0, 0.05) is 17.1 Å². The number of hydrogen-bond acceptors (Lipinski definition) is 2. The summed E-state index contributed by atoms with van der Waals surface area (Å²) < 4.78 is 37.7. The SMILES string of the molecule is CC(CNC(=O)c1cc(Cl)cc(C(F)(F)F)c1)C(=O)O. The number of carbonyl (C=O) groups excluding carboxylic acids is 1. The first kappa shape index (κ1) is 16.3. The Balaban J connectivity index is 2.88. The predicted octanol–water partition coefficient (Wildman–Crippen LogP) is 2.81. The number of carboxylic acid groups (broad SMARTS) is 1. The Morgan fingerprint density at radius 1 is 1.35 bits per heavy atom. The molecule has 0 spiro atoms. The number of carbonyl (C=O) groups is 2. The van der Waals surface area contributed by atoms with Crippen LogP contribution in [-0.4, -0.2) is 23.5 Å². The fraction of sp³-hybridized carbons (Fsp3) is 0.333. The highest BCUT2D eigenvalue weighted by Crippen LogP contribution is 2.31. The summed E-state index contributed by atoms with van der Waals surface area (Å²) in [5.74, 6) is -2.78. The van der Waals surface area contributed by atoms with E-state index in [2.05, 4.69) is 5.32 Å². The summed E-state index contributed by atoms with van der Waals surface area (Å²) in [6.45, 7) is 1.17. The van der Waals surface area contributed by atoms with Crippen molar-refractivity contribution in [1.29, 1.82) is 0 Å². The number of benzene rings is 1. The highest BCUT2D eigenvalue weighted by Gasteiger charge is 2.31. The predicted molar refractivity (Wildman–Crippen MR) is 65.6 cm³/mol. The molecule has 1 aromatic rings. The summed E-state index contributed by atoms with van der Waals surface area (Å²) in [4.78, 5) is 22.2. The number of halogens is 4. The number of hydrogen-bond donors (Lipinski definition) is 2. The molecule has 1 rings (SSSR count). The van der Waals surface area contributed by atoms with Crippen LogP contribution in [0.1, 0.15) is 22.8 Å². The summed E-state index contributed by atoms with van der Waals surface area (Å²) >= 11 is 5.54. The molecule has 0 fully saturated rings. The second-order valence-electron chi connectivity index (χ2n) is 4.18. The maximum Gasteiger partial charge on any atom is 0.416 e. The van der Waals surface area contributed by atoms with E-state index in [9.17, 15) is 22.8 Å². The zero-order chi connectivity index (χ0) is 15.5. The lowest BCUT2D eigenvalue weighted by atomic mass is 10.1. The maximum absolute atomic E-state index is 12.6. The van der Waals surface area contributed by atoms with Gasteiger partial charge in [-0.25, -0.2) is 0 Å². The largest absolute Gasteiger partial charge is 0.481 e. The lowest BCUT2D eigenvalue weighted by molar-refractivity contribution is -0.141. The molecule has 0 radical (unpaired) electrons. The van der Waals surface area contributed by atoms with Crippen molar-refractivity contribution in [2.24, 2.45) is 5.92 Å². The van der Waals surface area contributed by atoms with Gasteiger partial charge < -0.3 is 10.4 Å². The van der Waals surface area contributed by atoms with Crippen LogP contribution in [0.4, 0.5) is 13.2 Å². The van der Waals surface area contributed by atoms with Crippen molar-refractivity contribution in [3.05, 3.63) is 34.3 Å². The first-order chi connectivity index (χ1) is 9.11. The molecule has 0 saturated heterocycles. The number of rotatable bonds is 4. The van der Waals surface area contributed by atoms with Crippen molar-refractivity contribution in [2.45, 2.75) is 13.1 Å². The number of amides is 1. The fourth-order valence-electron chi connectivity index (χ4n) is 1.32. The van der Waals surface area contributed by atoms with Gasteiger partial charge in [-0.15, -0.1) is 0 Å². The Labute approximate surface area is 117 Å². The first-order valence-corrected chi connectivity index (χ1v) is 5.88. The van der Waals surface area contributed by atoms with Crippen molar-refractivity contribution in [1.82, 2.24) is 5.32 Å². The molecule has 2 N–H and O–H groups in total. The Kier molecular flexibility index (Phi) is 4.99. The van der Waals surface area contributed by atoms with Crippen LogP contribution in [-0.2, 0) is 11.0 Å². The highest BCUT2D eigenvalue weighted by atomic mass is 35.5. The van der Waals surface area contributed by atoms with E-state index in [1.807, 2.05) is 0 Å². The van der Waals surface area contributed by atoms with Crippen LogP contribution < -0.4 is 5.32 Å². The molecular weight excluding hydrogens is 299 g/mol. The van der Waals surface area contributed by atoms with Gasteiger partial charge in [-0.2, -0.15) is 13.2 Å². The topological polar surface area (TPSA) is 66.4 Å². The van der Waals surface area contributed by atoms with Crippen molar-refractivity contribution in [3.8, 4) is 0 Å². The van der Waals surface area contributed by atoms with Gasteiger partial charge in [0.2, 0.25) is 0 Å². The summed E-state index contributed by atoms with van der Waals surface area (Å²) in [6.07, 6.45) is -4.62. The van der Waals surface area contributed by atoms with E-state index in [1.54, 1.807) is 0 Å². The van der Waals surface area contributed by atoms with Gasteiger partial charge in [-0.1, -0.05) is 18.5 Å². The molecule has 1 amide bonds. The minimum Gasteiger partial charge on any atom is -0.481 e. The Morgan fingerprint density at radius 3 is 2.45 bits per heavy atom. The quantitative estimate of drug-likeness (QED) is 0.898. The molecular formula is C12H11ClF3NO3. The number of aliphatic carboxylic acids is 1. The van der Waals surface area contributed by atoms with E-state index in [0.29, 0.717) is 12.1 Å². The lowest BCUT2D eigenvalue weighted by Crippen LogP contribution is -2.31. The molecule has 8 heteroatoms. The average molecular weight is 310 g/mol. The number of nitrogens with one attached hydrogen (secondary N) is 1. The number of carboxylic acids is 1. The second kappa shape index (κ2) is 6.13. The van der Waals surface area contributed by atoms with Gasteiger partial charge in [0.1, 0.15) is 0 Å². The minimum atomic E-state index is -4.62. The van der Waals surface area contributed by atoms with E-state index < -0.39 is 29.5 Å². The van der Waals surface area contributed by atoms with Crippen LogP contribution in [0, 0.1) is 5.92 Å². The molecule has 1 unspecified atom stereocenters. The first-order valence-electron chi connectivity index (χ1n) is 5.50. The molecule has 110 valence electrons. The summed E-state index contributed by atoms with van der Waals surface area (Å²) in [6, 6.07) is 2.45. The molecule has 0 heterocycles. The maximum atomic E-state index is 12.6. The van der Waals surface area contributed by atoms with E-state index in [-0.39, 0.29) is 17.1 Å². The summed E-state index contributed by atoms with van der Waals surface area (Å²) in [5.41, 5.74) is -1.32. The summed E-state index contributed by atoms with van der Waals surface area (Å²) in [5, 5.41) is 10.7. The van der Waals surface area contributed by atoms with Crippen molar-refractivity contribution < 1.29 is 27.9 Å². The smallest absolute Gasteiger partial charge is 0.416 e. The van der Waals surface area contributed by atoms with Gasteiger partial charge in [-0.3, -0.25) is 9.59 Å². The van der Waals surface area contributed by atoms with Gasteiger partial charge in [0.15, 0.2) is 0 Å². The molecule has 0 aliphatic rings. The molecule has 0 aromatic heterocycles. The van der Waals surface area contributed by atoms with Crippen LogP contribution in [0.5, 0.6) is 0 Å². The van der Waals surface area contributed by atoms with Crippen LogP contribution in [0.2, 0.25) is 5.02 Å². The Hall–Kier alpha value is -1.76. The third kappa shape index (κ3) is 4.41. The second-order valence-corrected chi connectivity index (χ2v) is 4.61. The fourth-order valence-corrected chi connectivity index (χ4v) is 1.55. The summed E-state index contributed by atoms with van der Waals surface area (Å²) in [7, 11) is 0. The third-order valence-corrected chi connectivity index (χ3v) is 2.70. The van der Waals surface area contributed by atoms with E-state index in [0.717, 1.165) is 6.07 Å².